The number of hydrogen-bond donors (Lipinski definition) is 4. The molecule has 0 saturated heterocycles. The van der Waals surface area contributed by atoms with Gasteiger partial charge in [0.25, 0.3) is 0 Å². The summed E-state index contributed by atoms with van der Waals surface area (Å²) in [7, 11) is 0. The van der Waals surface area contributed by atoms with E-state index in [1.807, 2.05) is 12.3 Å². The van der Waals surface area contributed by atoms with E-state index in [4.69, 9.17) is 23.1 Å². The Balaban J connectivity index is 1.40. The summed E-state index contributed by atoms with van der Waals surface area (Å²) >= 11 is 7.49. The highest BCUT2D eigenvalue weighted by molar-refractivity contribution is 7.11. The van der Waals surface area contributed by atoms with Crippen molar-refractivity contribution in [2.75, 3.05) is 11.5 Å². The summed E-state index contributed by atoms with van der Waals surface area (Å²) in [5, 5.41) is 25.3. The molecule has 6 nitrogen and oxygen atoms in total. The average molecular weight is 487 g/mol. The maximum Gasteiger partial charge on any atom is 0.142 e. The molecule has 33 heavy (non-hydrogen) atoms. The maximum absolute atomic E-state index is 14.7. The van der Waals surface area contributed by atoms with E-state index in [2.05, 4.69) is 9.97 Å². The molecule has 1 fully saturated rings. The number of aryl methyl sites for hydroxylation is 1. The number of aliphatic hydroxyl groups is 2. The smallest absolute Gasteiger partial charge is 0.142 e. The minimum absolute atomic E-state index is 0.155. The highest BCUT2D eigenvalue weighted by Gasteiger charge is 2.50. The quantitative estimate of drug-likeness (QED) is 0.333. The normalized spacial score (nSPS) is 25.3. The molecule has 4 atom stereocenters. The summed E-state index contributed by atoms with van der Waals surface area (Å²) < 4.78 is 14.7. The third kappa shape index (κ3) is 3.71. The third-order valence-corrected chi connectivity index (χ3v) is 8.35. The monoisotopic (exact) mass is 486 g/mol. The number of pyridine rings is 2. The van der Waals surface area contributed by atoms with Gasteiger partial charge < -0.3 is 21.7 Å². The first kappa shape index (κ1) is 22.3. The van der Waals surface area contributed by atoms with Gasteiger partial charge in [0.05, 0.1) is 28.3 Å². The molecule has 1 aliphatic carbocycles. The zero-order chi connectivity index (χ0) is 23.5. The predicted octanol–water partition coefficient (Wildman–Crippen LogP) is 4.65. The van der Waals surface area contributed by atoms with Crippen LogP contribution < -0.4 is 11.5 Å². The summed E-state index contributed by atoms with van der Waals surface area (Å²) in [6.07, 6.45) is 1.48. The Morgan fingerprint density at radius 1 is 1.24 bits per heavy atom. The Morgan fingerprint density at radius 2 is 2.03 bits per heavy atom. The van der Waals surface area contributed by atoms with Crippen LogP contribution >= 0.6 is 22.9 Å². The van der Waals surface area contributed by atoms with Crippen LogP contribution in [-0.4, -0.2) is 32.4 Å². The molecule has 0 aliphatic heterocycles. The van der Waals surface area contributed by atoms with Gasteiger partial charge in [0.1, 0.15) is 11.6 Å². The van der Waals surface area contributed by atoms with Crippen LogP contribution in [0.25, 0.3) is 21.8 Å². The van der Waals surface area contributed by atoms with Crippen LogP contribution in [0.1, 0.15) is 36.1 Å². The minimum atomic E-state index is -0.919. The molecule has 0 radical (unpaired) electrons. The van der Waals surface area contributed by atoms with Crippen LogP contribution in [-0.2, 0) is 6.42 Å². The van der Waals surface area contributed by atoms with Crippen molar-refractivity contribution < 1.29 is 14.6 Å². The maximum atomic E-state index is 14.7. The number of nitrogens with zero attached hydrogens (tertiary/aromatic N) is 2. The minimum Gasteiger partial charge on any atom is -0.398 e. The van der Waals surface area contributed by atoms with Crippen LogP contribution in [0.15, 0.2) is 35.8 Å². The molecule has 9 heteroatoms. The van der Waals surface area contributed by atoms with Gasteiger partial charge in [0.2, 0.25) is 0 Å². The lowest BCUT2D eigenvalue weighted by molar-refractivity contribution is -0.0200. The molecule has 0 unspecified atom stereocenters. The third-order valence-electron chi connectivity index (χ3n) is 6.94. The molecule has 3 heterocycles. The van der Waals surface area contributed by atoms with E-state index in [0.717, 1.165) is 21.3 Å². The van der Waals surface area contributed by atoms with Gasteiger partial charge in [0.15, 0.2) is 0 Å². The predicted molar refractivity (Wildman–Crippen MR) is 131 cm³/mol. The van der Waals surface area contributed by atoms with Crippen molar-refractivity contribution in [1.82, 2.24) is 9.97 Å². The van der Waals surface area contributed by atoms with Crippen molar-refractivity contribution in [3.05, 3.63) is 57.1 Å². The molecule has 0 bridgehead atoms. The number of rotatable bonds is 4. The van der Waals surface area contributed by atoms with E-state index in [1.54, 1.807) is 18.3 Å². The van der Waals surface area contributed by atoms with Gasteiger partial charge in [-0.25, -0.2) is 9.37 Å². The molecule has 1 saturated carbocycles. The van der Waals surface area contributed by atoms with E-state index < -0.39 is 23.4 Å². The molecular weight excluding hydrogens is 463 g/mol. The molecule has 172 valence electrons. The number of hydrogen-bond acceptors (Lipinski definition) is 7. The van der Waals surface area contributed by atoms with Crippen LogP contribution in [0, 0.1) is 11.2 Å². The lowest BCUT2D eigenvalue weighted by Gasteiger charge is -2.28. The van der Waals surface area contributed by atoms with Crippen molar-refractivity contribution in [2.45, 2.75) is 44.3 Å². The van der Waals surface area contributed by atoms with Crippen LogP contribution in [0.5, 0.6) is 0 Å². The number of aromatic nitrogens is 2. The van der Waals surface area contributed by atoms with Gasteiger partial charge in [-0.15, -0.1) is 11.3 Å². The van der Waals surface area contributed by atoms with Crippen molar-refractivity contribution in [3.63, 3.8) is 0 Å². The Hall–Kier alpha value is -2.52. The van der Waals surface area contributed by atoms with Gasteiger partial charge in [0, 0.05) is 38.8 Å². The summed E-state index contributed by atoms with van der Waals surface area (Å²) in [4.78, 5) is 9.60. The van der Waals surface area contributed by atoms with Crippen LogP contribution in [0.3, 0.4) is 0 Å². The van der Waals surface area contributed by atoms with Gasteiger partial charge in [-0.3, -0.25) is 4.98 Å². The average Bonchev–Trinajstić information content (AvgIpc) is 3.30. The second-order valence-corrected chi connectivity index (χ2v) is 10.5. The van der Waals surface area contributed by atoms with E-state index in [9.17, 15) is 14.6 Å². The second kappa shape index (κ2) is 8.06. The highest BCUT2D eigenvalue weighted by atomic mass is 35.5. The first-order chi connectivity index (χ1) is 15.7. The number of anilines is 2. The van der Waals surface area contributed by atoms with Crippen LogP contribution in [0.4, 0.5) is 15.9 Å². The zero-order valence-electron chi connectivity index (χ0n) is 17.9. The van der Waals surface area contributed by atoms with Crippen molar-refractivity contribution in [3.8, 4) is 0 Å². The molecular formula is C24H24ClFN4O2S. The number of nitrogen functional groups attached to an aromatic ring is 2. The molecule has 1 aliphatic rings. The fourth-order valence-electron chi connectivity index (χ4n) is 4.97. The number of halogens is 2. The Bertz CT molecular complexity index is 1380. The van der Waals surface area contributed by atoms with Gasteiger partial charge in [-0.05, 0) is 54.5 Å². The first-order valence-corrected chi connectivity index (χ1v) is 12.0. The molecule has 0 amide bonds. The molecule has 3 aromatic heterocycles. The topological polar surface area (TPSA) is 118 Å². The Kier molecular flexibility index (Phi) is 5.44. The molecule has 0 spiro atoms. The zero-order valence-corrected chi connectivity index (χ0v) is 19.5. The van der Waals surface area contributed by atoms with E-state index >= 15 is 0 Å². The fraction of sp³-hybridized carbons (Fsp3) is 0.333. The Morgan fingerprint density at radius 3 is 2.82 bits per heavy atom. The lowest BCUT2D eigenvalue weighted by atomic mass is 9.80. The standard InChI is InChI=1S/C24H24ClFN4O2S/c1-24(4-2-11-6-16(26)12-8-15(25)23(28)30-18(12)7-11)9-13(20(31)22(24)32)21-19-14(10-33-21)17(27)3-5-29-19/h3,5-8,10,13,20,22,31-32H,2,4,9,27H2,1H3,(H2,28,30)/t13-,20+,22+,24+/m1/s1. The summed E-state index contributed by atoms with van der Waals surface area (Å²) in [5.74, 6) is -0.512. The number of thiophene rings is 1. The largest absolute Gasteiger partial charge is 0.398 e. The van der Waals surface area contributed by atoms with Crippen molar-refractivity contribution >= 4 is 56.2 Å². The first-order valence-electron chi connectivity index (χ1n) is 10.7. The van der Waals surface area contributed by atoms with E-state index in [0.29, 0.717) is 35.9 Å². The highest BCUT2D eigenvalue weighted by Crippen LogP contribution is 2.51. The number of aliphatic hydroxyl groups excluding tert-OH is 2. The van der Waals surface area contributed by atoms with Crippen LogP contribution in [0.2, 0.25) is 5.02 Å². The number of nitrogens with two attached hydrogens (primary N) is 2. The summed E-state index contributed by atoms with van der Waals surface area (Å²) in [5.41, 5.74) is 13.9. The molecule has 1 aromatic carbocycles. The Labute approximate surface area is 199 Å². The molecule has 6 N–H and O–H groups in total. The number of fused-ring (bicyclic) bond motifs is 2. The van der Waals surface area contributed by atoms with E-state index in [-0.39, 0.29) is 16.8 Å². The molecule has 4 aromatic rings. The van der Waals surface area contributed by atoms with Gasteiger partial charge in [-0.2, -0.15) is 0 Å². The molecule has 5 rings (SSSR count). The van der Waals surface area contributed by atoms with Crippen molar-refractivity contribution in [2.24, 2.45) is 5.41 Å². The SMILES string of the molecule is C[C@]1(CCc2cc(F)c3cc(Cl)c(N)nc3c2)C[C@@H](c2scc3c(N)ccnc23)[C@H](O)[C@@H]1O. The number of benzene rings is 1. The summed E-state index contributed by atoms with van der Waals surface area (Å²) in [6, 6.07) is 6.49. The lowest BCUT2D eigenvalue weighted by Crippen LogP contribution is -2.34. The van der Waals surface area contributed by atoms with Gasteiger partial charge in [-0.1, -0.05) is 18.5 Å². The summed E-state index contributed by atoms with van der Waals surface area (Å²) in [6.45, 7) is 1.96. The van der Waals surface area contributed by atoms with E-state index in [1.165, 1.54) is 23.5 Å². The van der Waals surface area contributed by atoms with Crippen molar-refractivity contribution in [1.29, 1.82) is 0 Å². The second-order valence-electron chi connectivity index (χ2n) is 9.16. The van der Waals surface area contributed by atoms with Gasteiger partial charge >= 0.3 is 0 Å². The fourth-order valence-corrected chi connectivity index (χ4v) is 6.29.